The molecule has 2 N–H and O–H groups in total. The van der Waals surface area contributed by atoms with E-state index in [1.807, 2.05) is 6.92 Å². The van der Waals surface area contributed by atoms with E-state index in [0.717, 1.165) is 0 Å². The van der Waals surface area contributed by atoms with Crippen molar-refractivity contribution in [3.8, 4) is 0 Å². The molecule has 0 saturated carbocycles. The summed E-state index contributed by atoms with van der Waals surface area (Å²) in [5.74, 6) is 0. The van der Waals surface area contributed by atoms with Gasteiger partial charge in [0, 0.05) is 6.61 Å². The highest BCUT2D eigenvalue weighted by molar-refractivity contribution is 4.38. The number of aliphatic hydroxyl groups is 2. The molecule has 0 spiro atoms. The fraction of sp³-hybridized carbons (Fsp3) is 1.00. The summed E-state index contributed by atoms with van der Waals surface area (Å²) in [4.78, 5) is 0. The van der Waals surface area contributed by atoms with Gasteiger partial charge in [0.1, 0.15) is 0 Å². The van der Waals surface area contributed by atoms with Crippen LogP contribution in [0.3, 0.4) is 0 Å². The Kier molecular flexibility index (Phi) is 9.73. The second kappa shape index (κ2) is 9.88. The lowest BCUT2D eigenvalue weighted by Gasteiger charge is -2.11. The predicted octanol–water partition coefficient (Wildman–Crippen LogP) is -0.633. The standard InChI is InChI=1S/C8H18O5/c1-2-11-5-6-13-8(10)7-12-4-3-9/h8-10H,2-7H2,1H3. The average Bonchev–Trinajstić information content (AvgIpc) is 2.13. The van der Waals surface area contributed by atoms with Gasteiger partial charge in [-0.1, -0.05) is 0 Å². The molecule has 0 heterocycles. The lowest BCUT2D eigenvalue weighted by atomic mass is 10.6. The van der Waals surface area contributed by atoms with Crippen LogP contribution in [-0.2, 0) is 14.2 Å². The quantitative estimate of drug-likeness (QED) is 0.378. The highest BCUT2D eigenvalue weighted by Gasteiger charge is 2.02. The molecule has 0 aliphatic heterocycles. The molecule has 13 heavy (non-hydrogen) atoms. The topological polar surface area (TPSA) is 68.2 Å². The van der Waals surface area contributed by atoms with Crippen LogP contribution < -0.4 is 0 Å². The van der Waals surface area contributed by atoms with Gasteiger partial charge in [-0.25, -0.2) is 0 Å². The van der Waals surface area contributed by atoms with Crippen molar-refractivity contribution in [1.82, 2.24) is 0 Å². The molecule has 0 amide bonds. The van der Waals surface area contributed by atoms with Crippen LogP contribution in [0.5, 0.6) is 0 Å². The zero-order valence-electron chi connectivity index (χ0n) is 7.94. The monoisotopic (exact) mass is 194 g/mol. The molecule has 0 radical (unpaired) electrons. The van der Waals surface area contributed by atoms with Gasteiger partial charge in [0.15, 0.2) is 6.29 Å². The van der Waals surface area contributed by atoms with Crippen molar-refractivity contribution >= 4 is 0 Å². The minimum Gasteiger partial charge on any atom is -0.394 e. The highest BCUT2D eigenvalue weighted by Crippen LogP contribution is 1.88. The van der Waals surface area contributed by atoms with Crippen LogP contribution >= 0.6 is 0 Å². The molecule has 5 heteroatoms. The average molecular weight is 194 g/mol. The summed E-state index contributed by atoms with van der Waals surface area (Å²) in [5.41, 5.74) is 0. The molecule has 80 valence electrons. The largest absolute Gasteiger partial charge is 0.394 e. The first-order valence-corrected chi connectivity index (χ1v) is 4.37. The fourth-order valence-corrected chi connectivity index (χ4v) is 0.684. The summed E-state index contributed by atoms with van der Waals surface area (Å²) in [5, 5.41) is 17.4. The van der Waals surface area contributed by atoms with Crippen LogP contribution in [0.1, 0.15) is 6.92 Å². The van der Waals surface area contributed by atoms with E-state index in [-0.39, 0.29) is 19.8 Å². The van der Waals surface area contributed by atoms with E-state index >= 15 is 0 Å². The molecule has 0 fully saturated rings. The van der Waals surface area contributed by atoms with E-state index in [0.29, 0.717) is 19.8 Å². The lowest BCUT2D eigenvalue weighted by molar-refractivity contribution is -0.147. The first kappa shape index (κ1) is 12.8. The van der Waals surface area contributed by atoms with Gasteiger partial charge in [0.05, 0.1) is 33.0 Å². The van der Waals surface area contributed by atoms with Crippen LogP contribution in [0.4, 0.5) is 0 Å². The van der Waals surface area contributed by atoms with Gasteiger partial charge < -0.3 is 24.4 Å². The molecule has 5 nitrogen and oxygen atoms in total. The van der Waals surface area contributed by atoms with Gasteiger partial charge >= 0.3 is 0 Å². The summed E-state index contributed by atoms with van der Waals surface area (Å²) in [6, 6.07) is 0. The van der Waals surface area contributed by atoms with Crippen molar-refractivity contribution in [2.24, 2.45) is 0 Å². The van der Waals surface area contributed by atoms with E-state index < -0.39 is 6.29 Å². The maximum Gasteiger partial charge on any atom is 0.178 e. The molecule has 1 unspecified atom stereocenters. The minimum atomic E-state index is -0.938. The van der Waals surface area contributed by atoms with E-state index in [2.05, 4.69) is 0 Å². The third-order valence-electron chi connectivity index (χ3n) is 1.24. The summed E-state index contributed by atoms with van der Waals surface area (Å²) in [6.45, 7) is 3.58. The molecule has 0 bridgehead atoms. The third-order valence-corrected chi connectivity index (χ3v) is 1.24. The number of rotatable bonds is 9. The van der Waals surface area contributed by atoms with Crippen molar-refractivity contribution in [2.45, 2.75) is 13.2 Å². The van der Waals surface area contributed by atoms with E-state index in [1.54, 1.807) is 0 Å². The Labute approximate surface area is 78.2 Å². The van der Waals surface area contributed by atoms with Gasteiger partial charge in [0.2, 0.25) is 0 Å². The van der Waals surface area contributed by atoms with Gasteiger partial charge in [-0.2, -0.15) is 0 Å². The van der Waals surface area contributed by atoms with E-state index in [1.165, 1.54) is 0 Å². The summed E-state index contributed by atoms with van der Waals surface area (Å²) in [7, 11) is 0. The number of ether oxygens (including phenoxy) is 3. The normalized spacial score (nSPS) is 13.2. The van der Waals surface area contributed by atoms with Crippen LogP contribution in [0.25, 0.3) is 0 Å². The summed E-state index contributed by atoms with van der Waals surface area (Å²) < 4.78 is 14.7. The minimum absolute atomic E-state index is 0.0499. The smallest absolute Gasteiger partial charge is 0.178 e. The van der Waals surface area contributed by atoms with Crippen LogP contribution in [0.15, 0.2) is 0 Å². The number of hydrogen-bond donors (Lipinski definition) is 2. The Balaban J connectivity index is 3.05. The van der Waals surface area contributed by atoms with Crippen molar-refractivity contribution in [2.75, 3.05) is 39.6 Å². The van der Waals surface area contributed by atoms with Gasteiger partial charge in [-0.15, -0.1) is 0 Å². The second-order valence-electron chi connectivity index (χ2n) is 2.32. The Morgan fingerprint density at radius 1 is 1.15 bits per heavy atom. The Morgan fingerprint density at radius 3 is 2.54 bits per heavy atom. The first-order valence-electron chi connectivity index (χ1n) is 4.37. The number of hydrogen-bond acceptors (Lipinski definition) is 5. The molecule has 0 rings (SSSR count). The molecule has 1 atom stereocenters. The van der Waals surface area contributed by atoms with Crippen molar-refractivity contribution in [1.29, 1.82) is 0 Å². The number of aliphatic hydroxyl groups excluding tert-OH is 2. The van der Waals surface area contributed by atoms with Crippen LogP contribution in [0.2, 0.25) is 0 Å². The summed E-state index contributed by atoms with van der Waals surface area (Å²) in [6.07, 6.45) is -0.938. The second-order valence-corrected chi connectivity index (χ2v) is 2.32. The molecule has 0 saturated heterocycles. The third kappa shape index (κ3) is 9.72. The van der Waals surface area contributed by atoms with Gasteiger partial charge in [-0.3, -0.25) is 0 Å². The molecular formula is C8H18O5. The summed E-state index contributed by atoms with van der Waals surface area (Å²) >= 11 is 0. The van der Waals surface area contributed by atoms with E-state index in [9.17, 15) is 0 Å². The van der Waals surface area contributed by atoms with E-state index in [4.69, 9.17) is 24.4 Å². The molecule has 0 aromatic carbocycles. The van der Waals surface area contributed by atoms with Crippen LogP contribution in [0, 0.1) is 0 Å². The van der Waals surface area contributed by atoms with Crippen molar-refractivity contribution in [3.63, 3.8) is 0 Å². The molecule has 0 aromatic heterocycles. The van der Waals surface area contributed by atoms with Crippen LogP contribution in [-0.4, -0.2) is 56.1 Å². The molecule has 0 aliphatic carbocycles. The van der Waals surface area contributed by atoms with Gasteiger partial charge in [0.25, 0.3) is 0 Å². The Morgan fingerprint density at radius 2 is 1.92 bits per heavy atom. The van der Waals surface area contributed by atoms with Crippen molar-refractivity contribution in [3.05, 3.63) is 0 Å². The lowest BCUT2D eigenvalue weighted by Crippen LogP contribution is -2.22. The van der Waals surface area contributed by atoms with Crippen molar-refractivity contribution < 1.29 is 24.4 Å². The Hall–Kier alpha value is -0.200. The zero-order valence-corrected chi connectivity index (χ0v) is 7.94. The maximum absolute atomic E-state index is 9.09. The first-order chi connectivity index (χ1) is 6.31. The Bertz CT molecular complexity index is 98.5. The zero-order chi connectivity index (χ0) is 9.94. The SMILES string of the molecule is CCOCCOC(O)COCCO. The molecule has 0 aliphatic rings. The molecular weight excluding hydrogens is 176 g/mol. The molecule has 0 aromatic rings. The fourth-order valence-electron chi connectivity index (χ4n) is 0.684. The van der Waals surface area contributed by atoms with Gasteiger partial charge in [-0.05, 0) is 6.92 Å². The highest BCUT2D eigenvalue weighted by atomic mass is 16.6. The maximum atomic E-state index is 9.09. The predicted molar refractivity (Wildman–Crippen MR) is 46.4 cm³/mol.